The zero-order chi connectivity index (χ0) is 11.5. The molecule has 1 nitrogen and oxygen atoms in total. The maximum atomic E-state index is 12.7. The molecule has 0 aliphatic heterocycles. The van der Waals surface area contributed by atoms with E-state index in [9.17, 15) is 9.50 Å². The quantitative estimate of drug-likeness (QED) is 0.865. The van der Waals surface area contributed by atoms with Crippen molar-refractivity contribution in [1.29, 1.82) is 0 Å². The van der Waals surface area contributed by atoms with E-state index in [4.69, 9.17) is 0 Å². The minimum absolute atomic E-state index is 0.245. The van der Waals surface area contributed by atoms with Crippen LogP contribution in [0.15, 0.2) is 35.7 Å². The number of thiophene rings is 1. The van der Waals surface area contributed by atoms with Gasteiger partial charge in [-0.25, -0.2) is 4.39 Å². The summed E-state index contributed by atoms with van der Waals surface area (Å²) < 4.78 is 12.7. The molecule has 0 aliphatic carbocycles. The maximum Gasteiger partial charge on any atom is 0.123 e. The van der Waals surface area contributed by atoms with Gasteiger partial charge in [-0.15, -0.1) is 11.3 Å². The largest absolute Gasteiger partial charge is 0.388 e. The molecule has 84 valence electrons. The molecule has 1 aromatic carbocycles. The van der Waals surface area contributed by atoms with Crippen LogP contribution in [0.3, 0.4) is 0 Å². The molecule has 0 spiro atoms. The van der Waals surface area contributed by atoms with Crippen molar-refractivity contribution in [3.8, 4) is 0 Å². The van der Waals surface area contributed by atoms with Gasteiger partial charge >= 0.3 is 0 Å². The Hall–Kier alpha value is -1.19. The van der Waals surface area contributed by atoms with Crippen LogP contribution in [0.25, 0.3) is 0 Å². The minimum atomic E-state index is -0.503. The van der Waals surface area contributed by atoms with E-state index in [0.717, 1.165) is 16.0 Å². The summed E-state index contributed by atoms with van der Waals surface area (Å²) in [4.78, 5) is 1.13. The zero-order valence-corrected chi connectivity index (χ0v) is 9.80. The number of hydrogen-bond acceptors (Lipinski definition) is 2. The van der Waals surface area contributed by atoms with Gasteiger partial charge in [0.05, 0.1) is 6.10 Å². The van der Waals surface area contributed by atoms with Crippen LogP contribution in [-0.2, 0) is 6.42 Å². The van der Waals surface area contributed by atoms with E-state index in [2.05, 4.69) is 0 Å². The van der Waals surface area contributed by atoms with Gasteiger partial charge in [-0.2, -0.15) is 0 Å². The summed E-state index contributed by atoms with van der Waals surface area (Å²) in [5.41, 5.74) is 1.91. The van der Waals surface area contributed by atoms with E-state index < -0.39 is 6.10 Å². The number of halogens is 1. The van der Waals surface area contributed by atoms with Crippen molar-refractivity contribution in [2.75, 3.05) is 0 Å². The van der Waals surface area contributed by atoms with Crippen LogP contribution < -0.4 is 0 Å². The fourth-order valence-corrected chi connectivity index (χ4v) is 2.45. The van der Waals surface area contributed by atoms with Gasteiger partial charge in [0.1, 0.15) is 5.82 Å². The summed E-state index contributed by atoms with van der Waals surface area (Å²) in [7, 11) is 0. The number of aliphatic hydroxyl groups excluding tert-OH is 1. The summed E-state index contributed by atoms with van der Waals surface area (Å²) in [5.74, 6) is -0.245. The van der Waals surface area contributed by atoms with Gasteiger partial charge in [-0.05, 0) is 41.6 Å². The molecular weight excluding hydrogens is 223 g/mol. The van der Waals surface area contributed by atoms with Crippen LogP contribution in [0.2, 0.25) is 0 Å². The first-order valence-corrected chi connectivity index (χ1v) is 6.01. The topological polar surface area (TPSA) is 20.2 Å². The average molecular weight is 236 g/mol. The number of aliphatic hydroxyl groups is 1. The first-order chi connectivity index (χ1) is 7.66. The number of benzene rings is 1. The lowest BCUT2D eigenvalue weighted by atomic mass is 10.0. The molecule has 0 bridgehead atoms. The van der Waals surface area contributed by atoms with Crippen LogP contribution >= 0.6 is 11.3 Å². The monoisotopic (exact) mass is 236 g/mol. The van der Waals surface area contributed by atoms with Gasteiger partial charge in [0.15, 0.2) is 0 Å². The highest BCUT2D eigenvalue weighted by Gasteiger charge is 2.11. The predicted octanol–water partition coefficient (Wildman–Crippen LogP) is 3.47. The van der Waals surface area contributed by atoms with Crippen molar-refractivity contribution in [2.45, 2.75) is 19.4 Å². The first-order valence-electron chi connectivity index (χ1n) is 5.13. The van der Waals surface area contributed by atoms with E-state index >= 15 is 0 Å². The molecule has 0 amide bonds. The van der Waals surface area contributed by atoms with Crippen LogP contribution in [0, 0.1) is 12.7 Å². The second-order valence-corrected chi connectivity index (χ2v) is 4.90. The molecule has 16 heavy (non-hydrogen) atoms. The van der Waals surface area contributed by atoms with Gasteiger partial charge in [0.25, 0.3) is 0 Å². The Labute approximate surface area is 98.2 Å². The molecule has 3 heteroatoms. The van der Waals surface area contributed by atoms with Crippen LogP contribution in [0.4, 0.5) is 4.39 Å². The zero-order valence-electron chi connectivity index (χ0n) is 8.98. The summed E-state index contributed by atoms with van der Waals surface area (Å²) in [5, 5.41) is 12.0. The summed E-state index contributed by atoms with van der Waals surface area (Å²) in [6, 6.07) is 8.19. The second kappa shape index (κ2) is 4.76. The molecule has 1 heterocycles. The number of rotatable bonds is 3. The Morgan fingerprint density at radius 2 is 1.94 bits per heavy atom. The normalized spacial score (nSPS) is 12.7. The summed E-state index contributed by atoms with van der Waals surface area (Å²) in [6.45, 7) is 1.99. The third-order valence-electron chi connectivity index (χ3n) is 2.60. The van der Waals surface area contributed by atoms with E-state index in [1.54, 1.807) is 23.5 Å². The van der Waals surface area contributed by atoms with Gasteiger partial charge in [0.2, 0.25) is 0 Å². The first kappa shape index (κ1) is 11.3. The number of hydrogen-bond donors (Lipinski definition) is 1. The van der Waals surface area contributed by atoms with E-state index in [0.29, 0.717) is 6.42 Å². The van der Waals surface area contributed by atoms with Gasteiger partial charge in [-0.3, -0.25) is 0 Å². The van der Waals surface area contributed by atoms with Crippen LogP contribution in [0.1, 0.15) is 22.1 Å². The maximum absolute atomic E-state index is 12.7. The fraction of sp³-hybridized carbons (Fsp3) is 0.231. The Balaban J connectivity index is 2.10. The van der Waals surface area contributed by atoms with Gasteiger partial charge in [0, 0.05) is 11.3 Å². The Morgan fingerprint density at radius 1 is 1.25 bits per heavy atom. The van der Waals surface area contributed by atoms with Crippen LogP contribution in [0.5, 0.6) is 0 Å². The number of aryl methyl sites for hydroxylation is 1. The molecule has 0 aliphatic rings. The highest BCUT2D eigenvalue weighted by Crippen LogP contribution is 2.25. The van der Waals surface area contributed by atoms with Crippen molar-refractivity contribution in [3.05, 3.63) is 57.5 Å². The third kappa shape index (κ3) is 2.49. The van der Waals surface area contributed by atoms with Crippen LogP contribution in [-0.4, -0.2) is 5.11 Å². The van der Waals surface area contributed by atoms with Crippen molar-refractivity contribution in [3.63, 3.8) is 0 Å². The molecule has 1 atom stereocenters. The molecule has 0 saturated carbocycles. The smallest absolute Gasteiger partial charge is 0.123 e. The molecule has 0 fully saturated rings. The fourth-order valence-electron chi connectivity index (χ4n) is 1.69. The van der Waals surface area contributed by atoms with Crippen molar-refractivity contribution >= 4 is 11.3 Å². The average Bonchev–Trinajstić information content (AvgIpc) is 2.68. The highest BCUT2D eigenvalue weighted by atomic mass is 32.1. The molecule has 1 N–H and O–H groups in total. The lowest BCUT2D eigenvalue weighted by Gasteiger charge is -2.10. The Kier molecular flexibility index (Phi) is 3.36. The van der Waals surface area contributed by atoms with E-state index in [-0.39, 0.29) is 5.82 Å². The highest BCUT2D eigenvalue weighted by molar-refractivity contribution is 7.10. The van der Waals surface area contributed by atoms with Crippen molar-refractivity contribution < 1.29 is 9.50 Å². The SMILES string of the molecule is Cc1sccc1C(O)Cc1ccc(F)cc1. The molecule has 2 rings (SSSR count). The Morgan fingerprint density at radius 3 is 2.50 bits per heavy atom. The standard InChI is InChI=1S/C13H13FOS/c1-9-12(6-7-16-9)13(15)8-10-2-4-11(14)5-3-10/h2-7,13,15H,8H2,1H3. The summed E-state index contributed by atoms with van der Waals surface area (Å²) in [6.07, 6.45) is 0.0226. The molecule has 1 unspecified atom stereocenters. The van der Waals surface area contributed by atoms with Gasteiger partial charge < -0.3 is 5.11 Å². The lowest BCUT2D eigenvalue weighted by molar-refractivity contribution is 0.178. The molecular formula is C13H13FOS. The Bertz CT molecular complexity index is 461. The second-order valence-electron chi connectivity index (χ2n) is 3.78. The molecule has 0 saturated heterocycles. The molecule has 0 radical (unpaired) electrons. The lowest BCUT2D eigenvalue weighted by Crippen LogP contribution is -2.01. The van der Waals surface area contributed by atoms with E-state index in [1.165, 1.54) is 12.1 Å². The van der Waals surface area contributed by atoms with Gasteiger partial charge in [-0.1, -0.05) is 12.1 Å². The van der Waals surface area contributed by atoms with E-state index in [1.807, 2.05) is 18.4 Å². The van der Waals surface area contributed by atoms with Crippen molar-refractivity contribution in [2.24, 2.45) is 0 Å². The third-order valence-corrected chi connectivity index (χ3v) is 3.46. The molecule has 1 aromatic heterocycles. The van der Waals surface area contributed by atoms with Crippen molar-refractivity contribution in [1.82, 2.24) is 0 Å². The minimum Gasteiger partial charge on any atom is -0.388 e. The summed E-state index contributed by atoms with van der Waals surface area (Å²) >= 11 is 1.63. The molecule has 2 aromatic rings. The predicted molar refractivity (Wildman–Crippen MR) is 64.1 cm³/mol.